The molecule has 0 aliphatic carbocycles. The first kappa shape index (κ1) is 25.2. The Kier molecular flexibility index (Phi) is 10.6. The summed E-state index contributed by atoms with van der Waals surface area (Å²) in [5.74, 6) is -0.968. The third-order valence-corrected chi connectivity index (χ3v) is 4.31. The van der Waals surface area contributed by atoms with E-state index < -0.39 is 35.4 Å². The minimum Gasteiger partial charge on any atom is -0.449 e. The lowest BCUT2D eigenvalue weighted by Crippen LogP contribution is -2.51. The van der Waals surface area contributed by atoms with E-state index in [1.807, 2.05) is 0 Å². The lowest BCUT2D eigenvalue weighted by molar-refractivity contribution is -0.128. The van der Waals surface area contributed by atoms with Crippen LogP contribution in [0.5, 0.6) is 0 Å². The molecule has 0 saturated carbocycles. The molecule has 1 aromatic rings. The van der Waals surface area contributed by atoms with Crippen molar-refractivity contribution in [2.45, 2.75) is 45.4 Å². The second-order valence-electron chi connectivity index (χ2n) is 6.98. The molecule has 166 valence electrons. The van der Waals surface area contributed by atoms with E-state index in [4.69, 9.17) is 23.1 Å². The quantitative estimate of drug-likeness (QED) is 0.257. The number of hydrogen-bond donors (Lipinski definition) is 5. The van der Waals surface area contributed by atoms with Crippen LogP contribution in [0.2, 0.25) is 0 Å². The monoisotopic (exact) mass is 441 g/mol. The zero-order chi connectivity index (χ0) is 22.7. The Bertz CT molecular complexity index is 741. The van der Waals surface area contributed by atoms with Crippen LogP contribution in [0, 0.1) is 5.92 Å². The highest BCUT2D eigenvalue weighted by atomic mass is 35.5. The first-order chi connectivity index (χ1) is 14.1. The predicted octanol–water partition coefficient (Wildman–Crippen LogP) is 1.42. The van der Waals surface area contributed by atoms with Gasteiger partial charge in [-0.3, -0.25) is 9.59 Å². The summed E-state index contributed by atoms with van der Waals surface area (Å²) < 4.78 is 4.69. The van der Waals surface area contributed by atoms with Crippen molar-refractivity contribution in [2.75, 3.05) is 11.9 Å². The van der Waals surface area contributed by atoms with Gasteiger partial charge >= 0.3 is 11.5 Å². The summed E-state index contributed by atoms with van der Waals surface area (Å²) >= 11 is 5.12. The van der Waals surface area contributed by atoms with Crippen LogP contribution in [-0.4, -0.2) is 41.9 Å². The van der Waals surface area contributed by atoms with Gasteiger partial charge < -0.3 is 32.2 Å². The van der Waals surface area contributed by atoms with E-state index in [0.717, 1.165) is 0 Å². The van der Waals surface area contributed by atoms with Crippen LogP contribution in [-0.2, 0) is 20.9 Å². The fourth-order valence-electron chi connectivity index (χ4n) is 2.41. The number of carbonyl (C=O) groups is 4. The molecule has 1 aromatic carbocycles. The Balaban J connectivity index is 2.75. The Labute approximate surface area is 180 Å². The van der Waals surface area contributed by atoms with Gasteiger partial charge in [0.1, 0.15) is 12.6 Å². The van der Waals surface area contributed by atoms with Gasteiger partial charge in [0.25, 0.3) is 0 Å². The summed E-state index contributed by atoms with van der Waals surface area (Å²) in [4.78, 5) is 46.4. The van der Waals surface area contributed by atoms with Gasteiger partial charge in [-0.2, -0.15) is 0 Å². The molecule has 1 rings (SSSR count). The molecule has 4 amide bonds. The number of nitrogens with two attached hydrogens (primary N) is 2. The molecule has 0 aromatic heterocycles. The highest BCUT2D eigenvalue weighted by molar-refractivity contribution is 6.61. The highest BCUT2D eigenvalue weighted by Crippen LogP contribution is 2.12. The predicted molar refractivity (Wildman–Crippen MR) is 113 cm³/mol. The smallest absolute Gasteiger partial charge is 0.404 e. The van der Waals surface area contributed by atoms with Crippen molar-refractivity contribution in [3.8, 4) is 0 Å². The van der Waals surface area contributed by atoms with E-state index in [2.05, 4.69) is 20.7 Å². The number of hydrogen-bond acceptors (Lipinski definition) is 6. The molecular weight excluding hydrogens is 414 g/mol. The number of carbonyl (C=O) groups excluding carboxylic acids is 4. The Morgan fingerprint density at radius 1 is 1.10 bits per heavy atom. The Hall–Kier alpha value is -2.85. The maximum atomic E-state index is 12.7. The molecule has 10 nitrogen and oxygen atoms in total. The third kappa shape index (κ3) is 9.57. The fourth-order valence-corrected chi connectivity index (χ4v) is 2.47. The number of rotatable bonds is 11. The number of anilines is 1. The Morgan fingerprint density at radius 2 is 1.73 bits per heavy atom. The number of urea groups is 1. The van der Waals surface area contributed by atoms with E-state index in [-0.39, 0.29) is 25.5 Å². The van der Waals surface area contributed by atoms with Crippen LogP contribution in [0.25, 0.3) is 0 Å². The molecule has 7 N–H and O–H groups in total. The van der Waals surface area contributed by atoms with Crippen molar-refractivity contribution in [3.63, 3.8) is 0 Å². The van der Waals surface area contributed by atoms with Gasteiger partial charge in [-0.15, -0.1) is 0 Å². The maximum Gasteiger partial charge on any atom is 0.404 e. The van der Waals surface area contributed by atoms with Crippen LogP contribution < -0.4 is 27.4 Å². The summed E-state index contributed by atoms with van der Waals surface area (Å²) in [5, 5.41) is 7.81. The Morgan fingerprint density at radius 3 is 2.27 bits per heavy atom. The van der Waals surface area contributed by atoms with Crippen LogP contribution in [0.15, 0.2) is 24.3 Å². The zero-order valence-electron chi connectivity index (χ0n) is 16.9. The van der Waals surface area contributed by atoms with Crippen molar-refractivity contribution >= 4 is 40.6 Å². The molecule has 2 atom stereocenters. The number of ether oxygens (including phenoxy) is 1. The highest BCUT2D eigenvalue weighted by Gasteiger charge is 2.25. The lowest BCUT2D eigenvalue weighted by Gasteiger charge is -2.22. The van der Waals surface area contributed by atoms with Crippen molar-refractivity contribution in [2.24, 2.45) is 17.4 Å². The second kappa shape index (κ2) is 12.7. The molecule has 0 aliphatic rings. The first-order valence-corrected chi connectivity index (χ1v) is 9.79. The van der Waals surface area contributed by atoms with Gasteiger partial charge in [0.15, 0.2) is 0 Å². The third-order valence-electron chi connectivity index (χ3n) is 4.20. The molecule has 30 heavy (non-hydrogen) atoms. The molecule has 0 spiro atoms. The van der Waals surface area contributed by atoms with Gasteiger partial charge in [0, 0.05) is 23.8 Å². The molecule has 0 heterocycles. The number of halogens is 1. The number of benzene rings is 1. The van der Waals surface area contributed by atoms with Crippen LogP contribution >= 0.6 is 11.6 Å². The van der Waals surface area contributed by atoms with Crippen LogP contribution in [0.4, 0.5) is 15.3 Å². The zero-order valence-corrected chi connectivity index (χ0v) is 17.7. The average Bonchev–Trinajstić information content (AvgIpc) is 2.68. The molecule has 0 aliphatic heterocycles. The van der Waals surface area contributed by atoms with E-state index in [9.17, 15) is 19.2 Å². The van der Waals surface area contributed by atoms with Gasteiger partial charge in [-0.05, 0) is 36.5 Å². The number of amides is 4. The van der Waals surface area contributed by atoms with Gasteiger partial charge in [-0.25, -0.2) is 9.59 Å². The van der Waals surface area contributed by atoms with Crippen molar-refractivity contribution < 1.29 is 23.9 Å². The van der Waals surface area contributed by atoms with E-state index in [0.29, 0.717) is 17.7 Å². The number of nitrogens with one attached hydrogen (secondary N) is 3. The van der Waals surface area contributed by atoms with E-state index >= 15 is 0 Å². The van der Waals surface area contributed by atoms with Crippen molar-refractivity contribution in [1.82, 2.24) is 10.6 Å². The molecular formula is C19H28ClN5O5. The number of primary amides is 1. The van der Waals surface area contributed by atoms with Crippen LogP contribution in [0.1, 0.15) is 32.3 Å². The van der Waals surface area contributed by atoms with E-state index in [1.165, 1.54) is 0 Å². The topological polar surface area (TPSA) is 166 Å². The summed E-state index contributed by atoms with van der Waals surface area (Å²) in [6.45, 7) is 3.88. The fraction of sp³-hybridized carbons (Fsp3) is 0.474. The molecule has 0 bridgehead atoms. The average molecular weight is 442 g/mol. The maximum absolute atomic E-state index is 12.7. The molecule has 11 heteroatoms. The largest absolute Gasteiger partial charge is 0.449 e. The summed E-state index contributed by atoms with van der Waals surface area (Å²) in [5.41, 5.74) is 11.2. The molecule has 0 saturated heterocycles. The summed E-state index contributed by atoms with van der Waals surface area (Å²) in [6.07, 6.45) is 0.688. The van der Waals surface area contributed by atoms with E-state index in [1.54, 1.807) is 38.1 Å². The standard InChI is InChI=1S/C19H28ClN5O5/c1-11(2)15(21)17(27)25-14(4-3-9-23-19(22)29)16(26)24-13-7-5-12(6-8-13)10-30-18(20)28/h5-8,11,14-15H,3-4,9-10,21H2,1-2H3,(H,24,26)(H,25,27)(H3,22,23,29)/t14-,15-/m0/s1. The first-order valence-electron chi connectivity index (χ1n) is 9.41. The van der Waals surface area contributed by atoms with Gasteiger partial charge in [0.2, 0.25) is 11.8 Å². The molecule has 0 radical (unpaired) electrons. The molecule has 0 unspecified atom stereocenters. The minimum atomic E-state index is -0.906. The van der Waals surface area contributed by atoms with Crippen LogP contribution in [0.3, 0.4) is 0 Å². The van der Waals surface area contributed by atoms with Crippen molar-refractivity contribution in [1.29, 1.82) is 0 Å². The second-order valence-corrected chi connectivity index (χ2v) is 7.29. The SMILES string of the molecule is CC(C)[C@H](N)C(=O)N[C@@H](CCCNC(N)=O)C(=O)Nc1ccc(COC(=O)Cl)cc1. The summed E-state index contributed by atoms with van der Waals surface area (Å²) in [7, 11) is 0. The lowest BCUT2D eigenvalue weighted by atomic mass is 10.0. The minimum absolute atomic E-state index is 0.00912. The summed E-state index contributed by atoms with van der Waals surface area (Å²) in [6, 6.07) is 4.30. The van der Waals surface area contributed by atoms with Gasteiger partial charge in [-0.1, -0.05) is 26.0 Å². The molecule has 0 fully saturated rings. The van der Waals surface area contributed by atoms with Gasteiger partial charge in [0.05, 0.1) is 6.04 Å². The normalized spacial score (nSPS) is 12.6. The van der Waals surface area contributed by atoms with Crippen molar-refractivity contribution in [3.05, 3.63) is 29.8 Å².